The molecule has 0 spiro atoms. The Bertz CT molecular complexity index is 1090. The van der Waals surface area contributed by atoms with Crippen LogP contribution in [0, 0.1) is 0 Å². The zero-order valence-electron chi connectivity index (χ0n) is 15.6. The van der Waals surface area contributed by atoms with Gasteiger partial charge in [-0.1, -0.05) is 35.9 Å². The van der Waals surface area contributed by atoms with Crippen molar-refractivity contribution in [2.24, 2.45) is 0 Å². The average molecular weight is 433 g/mol. The maximum atomic E-state index is 12.8. The predicted molar refractivity (Wildman–Crippen MR) is 117 cm³/mol. The summed E-state index contributed by atoms with van der Waals surface area (Å²) in [4.78, 5) is 2.96. The molecule has 146 valence electrons. The number of hydrogen-bond acceptors (Lipinski definition) is 4. The molecule has 0 amide bonds. The van der Waals surface area contributed by atoms with E-state index >= 15 is 0 Å². The van der Waals surface area contributed by atoms with Crippen molar-refractivity contribution in [3.05, 3.63) is 71.2 Å². The van der Waals surface area contributed by atoms with E-state index in [9.17, 15) is 8.42 Å². The molecule has 1 fully saturated rings. The fourth-order valence-corrected chi connectivity index (χ4v) is 5.96. The number of benzene rings is 2. The van der Waals surface area contributed by atoms with Crippen LogP contribution in [0.4, 0.5) is 5.69 Å². The average Bonchev–Trinajstić information content (AvgIpc) is 3.22. The second kappa shape index (κ2) is 7.52. The number of thiophene rings is 1. The van der Waals surface area contributed by atoms with Gasteiger partial charge in [0, 0.05) is 41.6 Å². The summed E-state index contributed by atoms with van der Waals surface area (Å²) in [7, 11) is 0.475. The van der Waals surface area contributed by atoms with Gasteiger partial charge in [-0.15, -0.1) is 11.3 Å². The van der Waals surface area contributed by atoms with E-state index in [2.05, 4.69) is 27.8 Å². The molecule has 1 saturated carbocycles. The minimum absolute atomic E-state index is 0.0523. The Morgan fingerprint density at radius 3 is 2.54 bits per heavy atom. The van der Waals surface area contributed by atoms with Gasteiger partial charge in [0.25, 0.3) is 0 Å². The first-order valence-electron chi connectivity index (χ1n) is 8.99. The Balaban J connectivity index is 1.47. The van der Waals surface area contributed by atoms with Crippen LogP contribution in [0.2, 0.25) is 5.02 Å². The summed E-state index contributed by atoms with van der Waals surface area (Å²) < 4.78 is 28.8. The lowest BCUT2D eigenvalue weighted by Crippen LogP contribution is -2.26. The molecule has 2 aromatic carbocycles. The molecular formula is C21H21ClN2O2S2. The Labute approximate surface area is 174 Å². The Kier molecular flexibility index (Phi) is 5.22. The van der Waals surface area contributed by atoms with Gasteiger partial charge in [-0.05, 0) is 53.9 Å². The molecule has 2 atom stereocenters. The van der Waals surface area contributed by atoms with Crippen LogP contribution in [0.25, 0.3) is 10.4 Å². The molecule has 0 unspecified atom stereocenters. The molecule has 1 aromatic heterocycles. The number of nitrogens with zero attached hydrogens (tertiary/aromatic N) is 1. The number of anilines is 1. The first-order chi connectivity index (χ1) is 13.3. The van der Waals surface area contributed by atoms with E-state index in [4.69, 9.17) is 11.6 Å². The lowest BCUT2D eigenvalue weighted by molar-refractivity contribution is 0.582. The van der Waals surface area contributed by atoms with Crippen LogP contribution in [-0.4, -0.2) is 28.6 Å². The summed E-state index contributed by atoms with van der Waals surface area (Å²) in [6, 6.07) is 19.1. The predicted octanol–water partition coefficient (Wildman–Crippen LogP) is 4.97. The first kappa shape index (κ1) is 19.5. The van der Waals surface area contributed by atoms with Crippen LogP contribution in [0.3, 0.4) is 0 Å². The molecule has 0 bridgehead atoms. The maximum Gasteiger partial charge on any atom is 0.250 e. The lowest BCUT2D eigenvalue weighted by Gasteiger charge is -2.13. The Hall–Kier alpha value is -1.86. The Morgan fingerprint density at radius 1 is 1.07 bits per heavy atom. The number of nitrogens with one attached hydrogen (secondary N) is 1. The van der Waals surface area contributed by atoms with Crippen LogP contribution in [0.1, 0.15) is 17.9 Å². The van der Waals surface area contributed by atoms with Gasteiger partial charge < -0.3 is 4.90 Å². The minimum Gasteiger partial charge on any atom is -0.378 e. The fraction of sp³-hybridized carbons (Fsp3) is 0.238. The van der Waals surface area contributed by atoms with Gasteiger partial charge in [0.1, 0.15) is 4.21 Å². The van der Waals surface area contributed by atoms with Crippen molar-refractivity contribution >= 4 is 38.6 Å². The first-order valence-corrected chi connectivity index (χ1v) is 11.7. The van der Waals surface area contributed by atoms with E-state index in [1.807, 2.05) is 38.4 Å². The Morgan fingerprint density at radius 2 is 1.82 bits per heavy atom. The third-order valence-corrected chi connectivity index (χ3v) is 8.25. The minimum atomic E-state index is -3.53. The standard InChI is InChI=1S/C21H21ClN2O2S2/c1-24(2)17-5-3-4-15(12-17)18-13-19(18)23-28(25,26)21-11-10-20(27-21)14-6-8-16(22)9-7-14/h3-12,18-19,23H,13H2,1-2H3/t18-,19+/m1/s1. The van der Waals surface area contributed by atoms with Crippen LogP contribution in [-0.2, 0) is 10.0 Å². The third kappa shape index (κ3) is 4.10. The number of rotatable bonds is 6. The molecule has 0 radical (unpaired) electrons. The van der Waals surface area contributed by atoms with Gasteiger partial charge in [-0.2, -0.15) is 0 Å². The quantitative estimate of drug-likeness (QED) is 0.598. The van der Waals surface area contributed by atoms with E-state index in [1.54, 1.807) is 18.2 Å². The molecule has 1 heterocycles. The smallest absolute Gasteiger partial charge is 0.250 e. The number of sulfonamides is 1. The largest absolute Gasteiger partial charge is 0.378 e. The topological polar surface area (TPSA) is 49.4 Å². The van der Waals surface area contributed by atoms with E-state index in [-0.39, 0.29) is 12.0 Å². The maximum absolute atomic E-state index is 12.8. The fourth-order valence-electron chi connectivity index (χ4n) is 3.22. The van der Waals surface area contributed by atoms with E-state index in [0.717, 1.165) is 22.5 Å². The highest BCUT2D eigenvalue weighted by Gasteiger charge is 2.41. The summed E-state index contributed by atoms with van der Waals surface area (Å²) in [5, 5.41) is 0.660. The van der Waals surface area contributed by atoms with Crippen molar-refractivity contribution in [3.8, 4) is 10.4 Å². The van der Waals surface area contributed by atoms with Crippen molar-refractivity contribution in [1.82, 2.24) is 4.72 Å². The van der Waals surface area contributed by atoms with Gasteiger partial charge in [0.15, 0.2) is 0 Å². The molecule has 3 aromatic rings. The van der Waals surface area contributed by atoms with Gasteiger partial charge in [-0.25, -0.2) is 13.1 Å². The summed E-state index contributed by atoms with van der Waals surface area (Å²) in [6.07, 6.45) is 0.825. The van der Waals surface area contributed by atoms with Crippen molar-refractivity contribution in [3.63, 3.8) is 0 Å². The molecular weight excluding hydrogens is 412 g/mol. The van der Waals surface area contributed by atoms with Crippen molar-refractivity contribution in [2.75, 3.05) is 19.0 Å². The van der Waals surface area contributed by atoms with Crippen LogP contribution < -0.4 is 9.62 Å². The molecule has 7 heteroatoms. The molecule has 4 rings (SSSR count). The normalized spacial score (nSPS) is 18.8. The van der Waals surface area contributed by atoms with Crippen molar-refractivity contribution in [1.29, 1.82) is 0 Å². The zero-order chi connectivity index (χ0) is 19.9. The summed E-state index contributed by atoms with van der Waals surface area (Å²) in [6.45, 7) is 0. The van der Waals surface area contributed by atoms with E-state index in [1.165, 1.54) is 16.9 Å². The zero-order valence-corrected chi connectivity index (χ0v) is 18.0. The monoisotopic (exact) mass is 432 g/mol. The van der Waals surface area contributed by atoms with E-state index < -0.39 is 10.0 Å². The highest BCUT2D eigenvalue weighted by Crippen LogP contribution is 2.43. The van der Waals surface area contributed by atoms with Crippen molar-refractivity contribution < 1.29 is 8.42 Å². The lowest BCUT2D eigenvalue weighted by atomic mass is 10.1. The molecule has 1 aliphatic rings. The highest BCUT2D eigenvalue weighted by molar-refractivity contribution is 7.91. The summed E-state index contributed by atoms with van der Waals surface area (Å²) in [5.74, 6) is 0.227. The second-order valence-electron chi connectivity index (χ2n) is 7.18. The summed E-state index contributed by atoms with van der Waals surface area (Å²) >= 11 is 7.20. The highest BCUT2D eigenvalue weighted by atomic mass is 35.5. The molecule has 28 heavy (non-hydrogen) atoms. The number of hydrogen-bond donors (Lipinski definition) is 1. The van der Waals surface area contributed by atoms with Gasteiger partial charge in [-0.3, -0.25) is 0 Å². The van der Waals surface area contributed by atoms with Crippen LogP contribution in [0.5, 0.6) is 0 Å². The van der Waals surface area contributed by atoms with Crippen LogP contribution >= 0.6 is 22.9 Å². The second-order valence-corrected chi connectivity index (χ2v) is 10.6. The molecule has 0 saturated heterocycles. The molecule has 1 aliphatic carbocycles. The third-order valence-electron chi connectivity index (χ3n) is 4.89. The van der Waals surface area contributed by atoms with Gasteiger partial charge >= 0.3 is 0 Å². The summed E-state index contributed by atoms with van der Waals surface area (Å²) in [5.41, 5.74) is 3.25. The van der Waals surface area contributed by atoms with Gasteiger partial charge in [0.2, 0.25) is 10.0 Å². The molecule has 0 aliphatic heterocycles. The molecule has 4 nitrogen and oxygen atoms in total. The SMILES string of the molecule is CN(C)c1cccc([C@H]2C[C@@H]2NS(=O)(=O)c2ccc(-c3ccc(Cl)cc3)s2)c1. The molecule has 1 N–H and O–H groups in total. The number of halogens is 1. The van der Waals surface area contributed by atoms with Gasteiger partial charge in [0.05, 0.1) is 0 Å². The van der Waals surface area contributed by atoms with Crippen LogP contribution in [0.15, 0.2) is 64.9 Å². The van der Waals surface area contributed by atoms with Crippen molar-refractivity contribution in [2.45, 2.75) is 22.6 Å². The van der Waals surface area contributed by atoms with E-state index in [0.29, 0.717) is 9.23 Å².